The molecule has 4 aromatic carbocycles. The zero-order valence-electron chi connectivity index (χ0n) is 45.6. The van der Waals surface area contributed by atoms with Gasteiger partial charge in [-0.2, -0.15) is 0 Å². The number of primary amides is 1. The van der Waals surface area contributed by atoms with E-state index in [1.165, 1.54) is 55.1 Å². The first-order chi connectivity index (χ1) is 40.7. The molecule has 0 unspecified atom stereocenters. The predicted octanol–water partition coefficient (Wildman–Crippen LogP) is 1.79. The summed E-state index contributed by atoms with van der Waals surface area (Å²) in [6, 6.07) is 24.1. The number of rotatable bonds is 23. The third kappa shape index (κ3) is 20.5. The van der Waals surface area contributed by atoms with Crippen LogP contribution in [0, 0.1) is 23.7 Å². The van der Waals surface area contributed by atoms with Crippen molar-refractivity contribution in [3.05, 3.63) is 114 Å². The molecule has 8 rings (SSSR count). The average molecular weight is 1220 g/mol. The number of nitrogens with two attached hydrogens (primary N) is 1. The number of benzene rings is 4. The molecule has 16 N–H and O–H groups in total. The first kappa shape index (κ1) is 67.4. The van der Waals surface area contributed by atoms with Crippen molar-refractivity contribution in [1.29, 1.82) is 0 Å². The van der Waals surface area contributed by atoms with Crippen LogP contribution in [0.2, 0.25) is 0 Å². The van der Waals surface area contributed by atoms with Crippen LogP contribution in [-0.2, 0) is 43.2 Å². The van der Waals surface area contributed by atoms with Crippen molar-refractivity contribution in [3.63, 3.8) is 0 Å². The maximum atomic E-state index is 11.2. The number of thioether (sulfide) groups is 1. The van der Waals surface area contributed by atoms with E-state index in [4.69, 9.17) is 65.9 Å². The Morgan fingerprint density at radius 3 is 1.14 bits per heavy atom. The summed E-state index contributed by atoms with van der Waals surface area (Å²) >= 11 is 1.36. The van der Waals surface area contributed by atoms with Crippen molar-refractivity contribution in [2.24, 2.45) is 29.4 Å². The van der Waals surface area contributed by atoms with Crippen molar-refractivity contribution < 1.29 is 113 Å². The molecule has 0 spiro atoms. The number of nitrogens with one attached hydrogen (secondary N) is 5. The third-order valence-corrected chi connectivity index (χ3v) is 15.2. The normalized spacial score (nSPS) is 24.2. The first-order valence-corrected chi connectivity index (χ1v) is 27.1. The molecule has 0 radical (unpaired) electrons. The molecule has 4 fully saturated rings. The molecule has 0 aromatic heterocycles. The van der Waals surface area contributed by atoms with E-state index in [0.717, 1.165) is 4.90 Å². The van der Waals surface area contributed by atoms with Crippen LogP contribution in [0.5, 0.6) is 17.2 Å². The number of carboxylic acid groups (broad SMARTS) is 9. The van der Waals surface area contributed by atoms with E-state index in [-0.39, 0.29) is 55.5 Å². The minimum absolute atomic E-state index is 0.166. The van der Waals surface area contributed by atoms with E-state index in [0.29, 0.717) is 41.6 Å². The fourth-order valence-electron chi connectivity index (χ4n) is 9.84. The van der Waals surface area contributed by atoms with E-state index in [1.807, 2.05) is 6.07 Å². The lowest BCUT2D eigenvalue weighted by Crippen LogP contribution is -2.38. The number of carbonyl (C=O) groups is 11. The smallest absolute Gasteiger partial charge is 0.335 e. The van der Waals surface area contributed by atoms with Crippen LogP contribution >= 0.6 is 11.8 Å². The SMILES string of the molecule is CC(=O)Nc1ccc(O[C@@H]2CN[C@H](C(=O)O)[C@H]2CC(=O)O)cc1.NC(=O)c1ccc(O[C@@H]2CN[C@H](C(=O)O)[C@H]2CC(=O)O)cc1.O=C(O)C[C@@H]1[C@@H](C(=O)O)NC[C@H]1Oc1ccccc1.O=C(O)C[C@H]1[C@@H](Sc2ccc(C(=O)O)cc2)CN[C@@H]1C(=O)O. The Morgan fingerprint density at radius 2 is 0.791 bits per heavy atom. The Morgan fingerprint density at radius 1 is 0.453 bits per heavy atom. The monoisotopic (exact) mass is 1220 g/mol. The van der Waals surface area contributed by atoms with E-state index in [1.54, 1.807) is 60.7 Å². The Balaban J connectivity index is 0.000000210. The number of carbonyl (C=O) groups excluding carboxylic acids is 2. The van der Waals surface area contributed by atoms with Crippen LogP contribution in [0.3, 0.4) is 0 Å². The second-order valence-corrected chi connectivity index (χ2v) is 21.1. The molecular weight excluding hydrogens is 1160 g/mol. The fourth-order valence-corrected chi connectivity index (χ4v) is 11.1. The lowest BCUT2D eigenvalue weighted by molar-refractivity contribution is -0.144. The van der Waals surface area contributed by atoms with Gasteiger partial charge in [0.1, 0.15) is 59.7 Å². The quantitative estimate of drug-likeness (QED) is 0.0503. The van der Waals surface area contributed by atoms with E-state index in [9.17, 15) is 52.7 Å². The summed E-state index contributed by atoms with van der Waals surface area (Å²) in [6.07, 6.45) is -2.67. The number of amides is 2. The molecule has 4 aliphatic heterocycles. The summed E-state index contributed by atoms with van der Waals surface area (Å²) in [5.41, 5.74) is 6.23. The minimum atomic E-state index is -1.11. The highest BCUT2D eigenvalue weighted by Gasteiger charge is 2.46. The number of hydrogen-bond acceptors (Lipinski definition) is 19. The fraction of sp³-hybridized carbons (Fsp3) is 0.375. The molecule has 86 heavy (non-hydrogen) atoms. The van der Waals surface area contributed by atoms with Gasteiger partial charge in [-0.25, -0.2) is 4.79 Å². The number of para-hydroxylation sites is 1. The zero-order valence-corrected chi connectivity index (χ0v) is 46.4. The Hall–Kier alpha value is -9.36. The van der Waals surface area contributed by atoms with Crippen molar-refractivity contribution >= 4 is 83.0 Å². The van der Waals surface area contributed by atoms with Crippen LogP contribution in [0.1, 0.15) is 53.3 Å². The second kappa shape index (κ2) is 32.1. The standard InChI is InChI=1S/C15H18N2O6.C14H16N2O6.C14H15NO6S.C13H15NO5/c1-8(18)17-9-2-4-10(5-3-9)23-12-7-16-14(15(21)22)11(12)6-13(19)20;15-13(19)7-1-3-8(4-2-7)22-10-6-16-12(14(20)21)9(10)5-11(17)18;16-11(17)5-9-10(6-15-12(9)14(20)21)22-8-3-1-7(2-4-8)13(18)19;15-11(16)6-9-10(7-14-12(9)13(17)18)19-8-4-2-1-3-5-8/h2-5,11-12,14,16H,6-7H2,1H3,(H,17,18)(H,19,20)(H,21,22);1-4,9-10,12,16H,5-6H2,(H2,15,19)(H,17,18)(H,20,21);1-4,9-10,12,15H,5-6H2,(H,16,17)(H,18,19)(H,20,21);1-5,9-10,12,14H,6-7H2,(H,15,16)(H,17,18)/t11-,12+,14-;9-,10+,12-;9-,10-,12-;9-,10+,12-/m0000/s1. The average Bonchev–Trinajstić information content (AvgIpc) is 2.89. The van der Waals surface area contributed by atoms with Gasteiger partial charge in [0.25, 0.3) is 0 Å². The summed E-state index contributed by atoms with van der Waals surface area (Å²) < 4.78 is 17.1. The maximum absolute atomic E-state index is 11.2. The zero-order chi connectivity index (χ0) is 63.4. The Bertz CT molecular complexity index is 2940. The summed E-state index contributed by atoms with van der Waals surface area (Å²) in [4.78, 5) is 122. The molecule has 30 heteroatoms. The molecular formula is C56H64N6O23S. The molecule has 0 saturated carbocycles. The van der Waals surface area contributed by atoms with E-state index >= 15 is 0 Å². The van der Waals surface area contributed by atoms with Gasteiger partial charge in [0.2, 0.25) is 11.8 Å². The van der Waals surface area contributed by atoms with Crippen molar-refractivity contribution in [2.45, 2.75) is 85.2 Å². The summed E-state index contributed by atoms with van der Waals surface area (Å²) in [7, 11) is 0. The van der Waals surface area contributed by atoms with Crippen LogP contribution in [0.15, 0.2) is 108 Å². The molecule has 4 saturated heterocycles. The summed E-state index contributed by atoms with van der Waals surface area (Å²) in [6.45, 7) is 2.59. The molecule has 462 valence electrons. The number of carboxylic acids is 9. The molecule has 4 heterocycles. The molecule has 0 aliphatic carbocycles. The summed E-state index contributed by atoms with van der Waals surface area (Å²) in [5, 5.41) is 94.6. The highest BCUT2D eigenvalue weighted by Crippen LogP contribution is 2.36. The van der Waals surface area contributed by atoms with Gasteiger partial charge in [0.15, 0.2) is 0 Å². The van der Waals surface area contributed by atoms with Gasteiger partial charge in [-0.1, -0.05) is 18.2 Å². The maximum Gasteiger partial charge on any atom is 0.335 e. The van der Waals surface area contributed by atoms with Crippen LogP contribution in [-0.4, -0.2) is 185 Å². The molecule has 2 amide bonds. The molecule has 4 aliphatic rings. The third-order valence-electron chi connectivity index (χ3n) is 13.8. The van der Waals surface area contributed by atoms with Crippen molar-refractivity contribution in [3.8, 4) is 17.2 Å². The van der Waals surface area contributed by atoms with Gasteiger partial charge in [-0.3, -0.25) is 47.9 Å². The molecule has 0 bridgehead atoms. The largest absolute Gasteiger partial charge is 0.489 e. The van der Waals surface area contributed by atoms with Crippen molar-refractivity contribution in [1.82, 2.24) is 21.3 Å². The number of hydrogen-bond donors (Lipinski definition) is 15. The second-order valence-electron chi connectivity index (χ2n) is 19.8. The van der Waals surface area contributed by atoms with Gasteiger partial charge in [-0.05, 0) is 84.9 Å². The number of ether oxygens (including phenoxy) is 3. The number of aromatic carboxylic acids is 1. The highest BCUT2D eigenvalue weighted by atomic mass is 32.2. The van der Waals surface area contributed by atoms with Gasteiger partial charge in [-0.15, -0.1) is 11.8 Å². The summed E-state index contributed by atoms with van der Waals surface area (Å²) in [5.74, 6) is -11.3. The van der Waals surface area contributed by atoms with Gasteiger partial charge >= 0.3 is 53.7 Å². The van der Waals surface area contributed by atoms with Crippen LogP contribution < -0.4 is 46.5 Å². The lowest BCUT2D eigenvalue weighted by Gasteiger charge is -2.21. The number of aliphatic carboxylic acids is 8. The van der Waals surface area contributed by atoms with Gasteiger partial charge in [0.05, 0.1) is 31.2 Å². The van der Waals surface area contributed by atoms with Gasteiger partial charge in [0, 0.05) is 78.2 Å². The first-order valence-electron chi connectivity index (χ1n) is 26.3. The Kier molecular flexibility index (Phi) is 25.1. The Labute approximate surface area is 493 Å². The van der Waals surface area contributed by atoms with Crippen LogP contribution in [0.25, 0.3) is 0 Å². The predicted molar refractivity (Wildman–Crippen MR) is 299 cm³/mol. The van der Waals surface area contributed by atoms with Crippen molar-refractivity contribution in [2.75, 3.05) is 31.5 Å². The minimum Gasteiger partial charge on any atom is -0.489 e. The topological polar surface area (TPSA) is 484 Å². The molecule has 29 nitrogen and oxygen atoms in total. The number of anilines is 1. The highest BCUT2D eigenvalue weighted by molar-refractivity contribution is 8.00. The van der Waals surface area contributed by atoms with Crippen LogP contribution in [0.4, 0.5) is 5.69 Å². The van der Waals surface area contributed by atoms with E-state index in [2.05, 4.69) is 26.6 Å². The lowest BCUT2D eigenvalue weighted by atomic mass is 9.94. The van der Waals surface area contributed by atoms with E-state index < -0.39 is 126 Å². The van der Waals surface area contributed by atoms with Gasteiger partial charge < -0.3 is 92.5 Å². The molecule has 4 aromatic rings. The molecule has 12 atom stereocenters.